The van der Waals surface area contributed by atoms with Gasteiger partial charge in [0.15, 0.2) is 0 Å². The van der Waals surface area contributed by atoms with E-state index in [1.165, 1.54) is 0 Å². The van der Waals surface area contributed by atoms with Crippen molar-refractivity contribution >= 4 is 0 Å². The number of rotatable bonds is 0. The standard InChI is InChI=1S/C6H14N4/c1-5-2-8-4-10-6(5)9-3-7-1/h5-10H,1-4H2. The highest BCUT2D eigenvalue weighted by molar-refractivity contribution is 4.84. The van der Waals surface area contributed by atoms with Gasteiger partial charge in [-0.05, 0) is 0 Å². The molecule has 2 aliphatic heterocycles. The molecule has 4 nitrogen and oxygen atoms in total. The fraction of sp³-hybridized carbons (Fsp3) is 1.00. The van der Waals surface area contributed by atoms with Crippen LogP contribution < -0.4 is 21.3 Å². The first-order valence-corrected chi connectivity index (χ1v) is 3.85. The van der Waals surface area contributed by atoms with E-state index in [9.17, 15) is 0 Å². The Bertz CT molecular complexity index is 90.3. The van der Waals surface area contributed by atoms with E-state index in [4.69, 9.17) is 0 Å². The maximum absolute atomic E-state index is 3.36. The zero-order valence-corrected chi connectivity index (χ0v) is 5.98. The Morgan fingerprint density at radius 3 is 2.00 bits per heavy atom. The van der Waals surface area contributed by atoms with Gasteiger partial charge in [-0.25, -0.2) is 0 Å². The van der Waals surface area contributed by atoms with Crippen molar-refractivity contribution in [3.05, 3.63) is 0 Å². The van der Waals surface area contributed by atoms with Crippen molar-refractivity contribution in [2.75, 3.05) is 26.4 Å². The van der Waals surface area contributed by atoms with Gasteiger partial charge in [0, 0.05) is 32.3 Å². The van der Waals surface area contributed by atoms with Crippen molar-refractivity contribution < 1.29 is 0 Å². The summed E-state index contributed by atoms with van der Waals surface area (Å²) in [4.78, 5) is 0. The molecule has 0 bridgehead atoms. The fourth-order valence-electron chi connectivity index (χ4n) is 1.59. The Hall–Kier alpha value is -0.160. The molecule has 0 radical (unpaired) electrons. The molecule has 0 saturated carbocycles. The molecule has 2 saturated heterocycles. The highest BCUT2D eigenvalue weighted by Crippen LogP contribution is 2.04. The lowest BCUT2D eigenvalue weighted by atomic mass is 10.0. The van der Waals surface area contributed by atoms with E-state index in [-0.39, 0.29) is 0 Å². The van der Waals surface area contributed by atoms with Crippen molar-refractivity contribution in [1.82, 2.24) is 21.3 Å². The van der Waals surface area contributed by atoms with Crippen LogP contribution in [0.2, 0.25) is 0 Å². The van der Waals surface area contributed by atoms with E-state index in [1.807, 2.05) is 0 Å². The molecule has 2 fully saturated rings. The maximum atomic E-state index is 3.36. The average molecular weight is 142 g/mol. The number of fused-ring (bicyclic) bond motifs is 1. The lowest BCUT2D eigenvalue weighted by Gasteiger charge is -2.37. The summed E-state index contributed by atoms with van der Waals surface area (Å²) in [5.41, 5.74) is 0. The molecule has 58 valence electrons. The quantitative estimate of drug-likeness (QED) is 0.323. The molecule has 2 aliphatic rings. The molecular weight excluding hydrogens is 128 g/mol. The molecule has 0 atom stereocenters. The first-order chi connectivity index (χ1) is 4.97. The van der Waals surface area contributed by atoms with Crippen LogP contribution in [-0.2, 0) is 0 Å². The highest BCUT2D eigenvalue weighted by atomic mass is 15.3. The van der Waals surface area contributed by atoms with Crippen molar-refractivity contribution in [2.24, 2.45) is 5.92 Å². The summed E-state index contributed by atoms with van der Waals surface area (Å²) in [5.74, 6) is 0.711. The summed E-state index contributed by atoms with van der Waals surface area (Å²) in [5, 5.41) is 13.3. The van der Waals surface area contributed by atoms with Crippen LogP contribution in [0.3, 0.4) is 0 Å². The largest absolute Gasteiger partial charge is 0.304 e. The predicted molar refractivity (Wildman–Crippen MR) is 39.3 cm³/mol. The van der Waals surface area contributed by atoms with Gasteiger partial charge in [0.25, 0.3) is 0 Å². The summed E-state index contributed by atoms with van der Waals surface area (Å²) < 4.78 is 0. The van der Waals surface area contributed by atoms with Crippen molar-refractivity contribution in [2.45, 2.75) is 6.17 Å². The zero-order chi connectivity index (χ0) is 6.81. The SMILES string of the molecule is C1NCC2CNCNC2N1. The second kappa shape index (κ2) is 2.84. The third-order valence-corrected chi connectivity index (χ3v) is 2.18. The molecule has 4 heteroatoms. The number of hydrogen-bond acceptors (Lipinski definition) is 4. The van der Waals surface area contributed by atoms with E-state index < -0.39 is 0 Å². The van der Waals surface area contributed by atoms with Crippen LogP contribution in [0.15, 0.2) is 0 Å². The Kier molecular flexibility index (Phi) is 1.86. The molecule has 0 aromatic carbocycles. The van der Waals surface area contributed by atoms with E-state index >= 15 is 0 Å². The van der Waals surface area contributed by atoms with Crippen LogP contribution in [0.5, 0.6) is 0 Å². The summed E-state index contributed by atoms with van der Waals surface area (Å²) in [6.45, 7) is 4.12. The number of nitrogens with one attached hydrogen (secondary N) is 4. The van der Waals surface area contributed by atoms with Crippen LogP contribution >= 0.6 is 0 Å². The van der Waals surface area contributed by atoms with Gasteiger partial charge in [-0.3, -0.25) is 10.6 Å². The molecule has 0 aromatic rings. The predicted octanol–water partition coefficient (Wildman–Crippen LogP) is -1.77. The number of hydrogen-bond donors (Lipinski definition) is 4. The monoisotopic (exact) mass is 142 g/mol. The molecular formula is C6H14N4. The molecule has 2 heterocycles. The zero-order valence-electron chi connectivity index (χ0n) is 5.98. The first kappa shape index (κ1) is 6.54. The van der Waals surface area contributed by atoms with Gasteiger partial charge in [0.05, 0.1) is 6.17 Å². The van der Waals surface area contributed by atoms with Crippen molar-refractivity contribution in [1.29, 1.82) is 0 Å². The Morgan fingerprint density at radius 2 is 1.50 bits per heavy atom. The van der Waals surface area contributed by atoms with Crippen molar-refractivity contribution in [3.8, 4) is 0 Å². The first-order valence-electron chi connectivity index (χ1n) is 3.85. The topological polar surface area (TPSA) is 48.1 Å². The third kappa shape index (κ3) is 1.15. The summed E-state index contributed by atoms with van der Waals surface area (Å²) >= 11 is 0. The summed E-state index contributed by atoms with van der Waals surface area (Å²) in [6.07, 6.45) is 0.530. The second-order valence-corrected chi connectivity index (χ2v) is 2.91. The molecule has 0 spiro atoms. The second-order valence-electron chi connectivity index (χ2n) is 2.91. The summed E-state index contributed by atoms with van der Waals surface area (Å²) in [6, 6.07) is 0. The third-order valence-electron chi connectivity index (χ3n) is 2.18. The minimum absolute atomic E-state index is 0.530. The molecule has 0 unspecified atom stereocenters. The minimum atomic E-state index is 0.530. The smallest absolute Gasteiger partial charge is 0.0645 e. The average Bonchev–Trinajstić information content (AvgIpc) is 2.05. The van der Waals surface area contributed by atoms with Gasteiger partial charge in [-0.15, -0.1) is 0 Å². The van der Waals surface area contributed by atoms with E-state index in [2.05, 4.69) is 21.3 Å². The molecule has 2 rings (SSSR count). The molecule has 10 heavy (non-hydrogen) atoms. The van der Waals surface area contributed by atoms with Crippen molar-refractivity contribution in [3.63, 3.8) is 0 Å². The molecule has 0 amide bonds. The lowest BCUT2D eigenvalue weighted by Crippen LogP contribution is -2.65. The van der Waals surface area contributed by atoms with Crippen LogP contribution in [0, 0.1) is 5.92 Å². The van der Waals surface area contributed by atoms with Crippen LogP contribution in [-0.4, -0.2) is 32.6 Å². The van der Waals surface area contributed by atoms with Crippen LogP contribution in [0.4, 0.5) is 0 Å². The van der Waals surface area contributed by atoms with Gasteiger partial charge in [0.2, 0.25) is 0 Å². The van der Waals surface area contributed by atoms with Gasteiger partial charge < -0.3 is 10.6 Å². The van der Waals surface area contributed by atoms with Crippen LogP contribution in [0.25, 0.3) is 0 Å². The van der Waals surface area contributed by atoms with Gasteiger partial charge in [-0.1, -0.05) is 0 Å². The van der Waals surface area contributed by atoms with Gasteiger partial charge >= 0.3 is 0 Å². The molecule has 4 N–H and O–H groups in total. The normalized spacial score (nSPS) is 40.8. The Labute approximate surface area is 60.8 Å². The highest BCUT2D eigenvalue weighted by Gasteiger charge is 2.25. The Morgan fingerprint density at radius 1 is 0.900 bits per heavy atom. The summed E-state index contributed by atoms with van der Waals surface area (Å²) in [7, 11) is 0. The Balaban J connectivity index is 1.93. The lowest BCUT2D eigenvalue weighted by molar-refractivity contribution is 0.195. The van der Waals surface area contributed by atoms with Gasteiger partial charge in [-0.2, -0.15) is 0 Å². The van der Waals surface area contributed by atoms with Gasteiger partial charge in [0.1, 0.15) is 0 Å². The van der Waals surface area contributed by atoms with E-state index in [0.29, 0.717) is 12.1 Å². The minimum Gasteiger partial charge on any atom is -0.304 e. The van der Waals surface area contributed by atoms with E-state index in [1.54, 1.807) is 0 Å². The van der Waals surface area contributed by atoms with Crippen LogP contribution in [0.1, 0.15) is 0 Å². The maximum Gasteiger partial charge on any atom is 0.0645 e. The molecule has 0 aromatic heterocycles. The molecule has 0 aliphatic carbocycles. The fourth-order valence-corrected chi connectivity index (χ4v) is 1.59. The van der Waals surface area contributed by atoms with E-state index in [0.717, 1.165) is 26.4 Å².